The molecular weight excluding hydrogens is 649 g/mol. The lowest BCUT2D eigenvalue weighted by Gasteiger charge is -2.19. The Labute approximate surface area is 294 Å². The second-order valence-electron chi connectivity index (χ2n) is 14.5. The molecule has 0 bridgehead atoms. The van der Waals surface area contributed by atoms with Gasteiger partial charge in [0, 0.05) is 64.9 Å². The first-order valence-corrected chi connectivity index (χ1v) is 17.4. The number of aromatic nitrogens is 4. The molecule has 0 amide bonds. The maximum absolute atomic E-state index is 14.2. The molecule has 8 nitrogen and oxygen atoms in total. The average molecular weight is 681 g/mol. The number of rotatable bonds is 2. The van der Waals surface area contributed by atoms with E-state index in [0.717, 1.165) is 77.0 Å². The number of nitrogens with one attached hydrogen (secondary N) is 2. The number of pyridine rings is 4. The van der Waals surface area contributed by atoms with Crippen LogP contribution in [0.2, 0.25) is 0 Å². The summed E-state index contributed by atoms with van der Waals surface area (Å²) in [6.07, 6.45) is 0. The van der Waals surface area contributed by atoms with E-state index in [4.69, 9.17) is 0 Å². The van der Waals surface area contributed by atoms with Crippen molar-refractivity contribution in [3.8, 4) is 11.4 Å². The van der Waals surface area contributed by atoms with Gasteiger partial charge < -0.3 is 9.97 Å². The highest BCUT2D eigenvalue weighted by Crippen LogP contribution is 2.40. The molecule has 0 fully saturated rings. The summed E-state index contributed by atoms with van der Waals surface area (Å²) in [5.74, 6) is 0. The summed E-state index contributed by atoms with van der Waals surface area (Å²) in [5, 5.41) is 6.40. The van der Waals surface area contributed by atoms with Gasteiger partial charge in [0.15, 0.2) is 0 Å². The van der Waals surface area contributed by atoms with Crippen molar-refractivity contribution in [2.75, 3.05) is 0 Å². The number of benzene rings is 6. The molecule has 8 heteroatoms. The number of hydrogen-bond donors (Lipinski definition) is 2. The number of aromatic amines is 2. The molecule has 0 aliphatic carbocycles. The molecular formula is C44H32N4O4. The van der Waals surface area contributed by atoms with Crippen molar-refractivity contribution in [2.45, 2.75) is 41.5 Å². The Morgan fingerprint density at radius 2 is 0.673 bits per heavy atom. The molecule has 0 spiro atoms. The fourth-order valence-corrected chi connectivity index (χ4v) is 9.25. The highest BCUT2D eigenvalue weighted by atomic mass is 16.2. The molecule has 6 aromatic carbocycles. The quantitative estimate of drug-likeness (QED) is 0.142. The van der Waals surface area contributed by atoms with Crippen LogP contribution in [0.4, 0.5) is 0 Å². The van der Waals surface area contributed by atoms with Gasteiger partial charge in [-0.1, -0.05) is 47.5 Å². The summed E-state index contributed by atoms with van der Waals surface area (Å²) in [6.45, 7) is 11.7. The van der Waals surface area contributed by atoms with Gasteiger partial charge in [-0.2, -0.15) is 0 Å². The van der Waals surface area contributed by atoms with E-state index in [1.165, 1.54) is 9.13 Å². The predicted molar refractivity (Wildman–Crippen MR) is 212 cm³/mol. The molecule has 252 valence electrons. The van der Waals surface area contributed by atoms with Crippen LogP contribution in [0.1, 0.15) is 33.4 Å². The fourth-order valence-electron chi connectivity index (χ4n) is 9.25. The van der Waals surface area contributed by atoms with E-state index in [-0.39, 0.29) is 22.2 Å². The van der Waals surface area contributed by atoms with Gasteiger partial charge in [-0.3, -0.25) is 19.2 Å². The van der Waals surface area contributed by atoms with Gasteiger partial charge in [0.25, 0.3) is 22.2 Å². The van der Waals surface area contributed by atoms with Crippen LogP contribution in [0.15, 0.2) is 92.0 Å². The zero-order valence-corrected chi connectivity index (χ0v) is 29.5. The van der Waals surface area contributed by atoms with Gasteiger partial charge >= 0.3 is 0 Å². The van der Waals surface area contributed by atoms with Crippen LogP contribution in [-0.4, -0.2) is 19.1 Å². The zero-order valence-electron chi connectivity index (χ0n) is 29.5. The van der Waals surface area contributed by atoms with Crippen LogP contribution in [0.3, 0.4) is 0 Å². The smallest absolute Gasteiger partial charge is 0.266 e. The van der Waals surface area contributed by atoms with Crippen molar-refractivity contribution in [2.24, 2.45) is 0 Å². The Kier molecular flexibility index (Phi) is 5.85. The number of nitrogens with zero attached hydrogens (tertiary/aromatic N) is 2. The number of hydrogen-bond acceptors (Lipinski definition) is 4. The lowest BCUT2D eigenvalue weighted by Crippen LogP contribution is -2.33. The average Bonchev–Trinajstić information content (AvgIpc) is 3.10. The first kappa shape index (κ1) is 30.3. The summed E-state index contributed by atoms with van der Waals surface area (Å²) in [5.41, 5.74) is 8.56. The Morgan fingerprint density at radius 1 is 0.385 bits per heavy atom. The number of fused-ring (bicyclic) bond motifs is 3. The summed E-state index contributed by atoms with van der Waals surface area (Å²) in [7, 11) is 0. The van der Waals surface area contributed by atoms with E-state index in [1.54, 1.807) is 12.1 Å². The van der Waals surface area contributed by atoms with E-state index in [1.807, 2.05) is 102 Å². The van der Waals surface area contributed by atoms with E-state index in [0.29, 0.717) is 43.7 Å². The van der Waals surface area contributed by atoms with Gasteiger partial charge in [0.1, 0.15) is 0 Å². The van der Waals surface area contributed by atoms with E-state index >= 15 is 0 Å². The minimum Gasteiger partial charge on any atom is -0.353 e. The summed E-state index contributed by atoms with van der Waals surface area (Å²) in [4.78, 5) is 64.1. The Balaban J connectivity index is 1.30. The van der Waals surface area contributed by atoms with Crippen molar-refractivity contribution < 1.29 is 0 Å². The fraction of sp³-hybridized carbons (Fsp3) is 0.136. The van der Waals surface area contributed by atoms with Gasteiger partial charge in [0.05, 0.1) is 22.4 Å². The largest absolute Gasteiger partial charge is 0.353 e. The molecule has 0 saturated carbocycles. The second-order valence-corrected chi connectivity index (χ2v) is 14.5. The summed E-state index contributed by atoms with van der Waals surface area (Å²) in [6, 6.07) is 22.9. The molecule has 52 heavy (non-hydrogen) atoms. The van der Waals surface area contributed by atoms with E-state index in [9.17, 15) is 19.2 Å². The second kappa shape index (κ2) is 10.0. The van der Waals surface area contributed by atoms with Gasteiger partial charge in [-0.25, -0.2) is 9.13 Å². The molecule has 2 N–H and O–H groups in total. The standard InChI is InChI=1S/C44H32N4O4/c1-19-15-21(3)39(22(4)16-19)47-41(49)27-9-7-25-35-31(13-11-29(33(27)35)43(47)51)45-38-26-8-10-28-34-30(12-14-32(36(26)34)46-37(25)38)44(52)48(42(28)50)40-23(5)17-20(2)18-24(40)6/h7-18,45-46H,1-6H3. The van der Waals surface area contributed by atoms with Crippen LogP contribution in [0.5, 0.6) is 0 Å². The minimum absolute atomic E-state index is 0.350. The third-order valence-corrected chi connectivity index (χ3v) is 11.1. The van der Waals surface area contributed by atoms with Crippen molar-refractivity contribution in [3.63, 3.8) is 0 Å². The van der Waals surface area contributed by atoms with Crippen molar-refractivity contribution in [3.05, 3.63) is 148 Å². The third kappa shape index (κ3) is 3.70. The van der Waals surface area contributed by atoms with Gasteiger partial charge in [-0.05, 0) is 100 Å². The van der Waals surface area contributed by atoms with Crippen LogP contribution in [0, 0.1) is 41.5 Å². The molecule has 0 atom stereocenters. The molecule has 4 aromatic heterocycles. The highest BCUT2D eigenvalue weighted by molar-refractivity contribution is 6.32. The van der Waals surface area contributed by atoms with E-state index < -0.39 is 0 Å². The molecule has 0 aliphatic rings. The molecule has 10 aromatic rings. The first-order chi connectivity index (χ1) is 24.9. The molecule has 0 aliphatic heterocycles. The summed E-state index contributed by atoms with van der Waals surface area (Å²) < 4.78 is 2.65. The molecule has 0 radical (unpaired) electrons. The normalized spacial score (nSPS) is 12.3. The lowest BCUT2D eigenvalue weighted by atomic mass is 9.93. The minimum atomic E-state index is -0.350. The molecule has 0 unspecified atom stereocenters. The Bertz CT molecular complexity index is 3160. The first-order valence-electron chi connectivity index (χ1n) is 17.4. The van der Waals surface area contributed by atoms with Crippen LogP contribution in [-0.2, 0) is 0 Å². The van der Waals surface area contributed by atoms with Crippen LogP contribution >= 0.6 is 0 Å². The third-order valence-electron chi connectivity index (χ3n) is 11.1. The highest BCUT2D eigenvalue weighted by Gasteiger charge is 2.24. The van der Waals surface area contributed by atoms with Gasteiger partial charge in [-0.15, -0.1) is 0 Å². The van der Waals surface area contributed by atoms with Crippen molar-refractivity contribution in [1.29, 1.82) is 0 Å². The van der Waals surface area contributed by atoms with Crippen LogP contribution in [0.25, 0.3) is 87.3 Å². The maximum Gasteiger partial charge on any atom is 0.266 e. The number of aryl methyl sites for hydroxylation is 6. The Hall–Kier alpha value is -6.54. The van der Waals surface area contributed by atoms with Gasteiger partial charge in [0.2, 0.25) is 0 Å². The van der Waals surface area contributed by atoms with Crippen LogP contribution < -0.4 is 22.2 Å². The summed E-state index contributed by atoms with van der Waals surface area (Å²) >= 11 is 0. The van der Waals surface area contributed by atoms with Crippen molar-refractivity contribution >= 4 is 75.9 Å². The maximum atomic E-state index is 14.2. The molecule has 0 saturated heterocycles. The molecule has 10 rings (SSSR count). The SMILES string of the molecule is Cc1cc(C)c(-n2c(=O)c3ccc4[nH]c5c6ccc7c(=O)n(-c8c(C)cc(C)cc8C)c(=O)c8ccc([nH]c5c5ccc(c2=O)c3c45)c6c87)c(C)c1. The van der Waals surface area contributed by atoms with E-state index in [2.05, 4.69) is 9.97 Å². The zero-order chi connectivity index (χ0) is 36.1. The predicted octanol–water partition coefficient (Wildman–Crippen LogP) is 8.16. The molecule has 4 heterocycles. The number of H-pyrrole nitrogens is 2. The monoisotopic (exact) mass is 680 g/mol. The topological polar surface area (TPSA) is 110 Å². The Morgan fingerprint density at radius 3 is 1.00 bits per heavy atom. The lowest BCUT2D eigenvalue weighted by molar-refractivity contribution is 0.944. The van der Waals surface area contributed by atoms with Crippen molar-refractivity contribution in [1.82, 2.24) is 19.1 Å².